The van der Waals surface area contributed by atoms with Crippen molar-refractivity contribution in [2.45, 2.75) is 44.2 Å². The number of para-hydroxylation sites is 1. The Bertz CT molecular complexity index is 784. The fourth-order valence-corrected chi connectivity index (χ4v) is 4.21. The maximum Gasteiger partial charge on any atom is 0.276 e. The number of hydrogen-bond acceptors (Lipinski definition) is 5. The largest absolute Gasteiger partial charge is 0.496 e. The summed E-state index contributed by atoms with van der Waals surface area (Å²) in [5.41, 5.74) is 1.60. The van der Waals surface area contributed by atoms with E-state index in [2.05, 4.69) is 21.7 Å². The lowest BCUT2D eigenvalue weighted by atomic mass is 10.0. The van der Waals surface area contributed by atoms with Gasteiger partial charge in [-0.3, -0.25) is 4.79 Å². The monoisotopic (exact) mass is 369 g/mol. The summed E-state index contributed by atoms with van der Waals surface area (Å²) >= 11 is 0. The molecule has 7 heteroatoms. The van der Waals surface area contributed by atoms with Crippen molar-refractivity contribution >= 4 is 5.91 Å². The Balaban J connectivity index is 1.47. The van der Waals surface area contributed by atoms with E-state index in [1.54, 1.807) is 7.11 Å². The number of benzene rings is 1. The van der Waals surface area contributed by atoms with Gasteiger partial charge >= 0.3 is 0 Å². The highest BCUT2D eigenvalue weighted by molar-refractivity contribution is 5.92. The molecular formula is C20H27N5O2. The minimum absolute atomic E-state index is 0.00687. The molecule has 2 saturated heterocycles. The predicted octanol–water partition coefficient (Wildman–Crippen LogP) is 2.06. The Hall–Kier alpha value is -2.41. The van der Waals surface area contributed by atoms with Gasteiger partial charge in [0.25, 0.3) is 5.91 Å². The van der Waals surface area contributed by atoms with E-state index in [0.29, 0.717) is 11.7 Å². The Morgan fingerprint density at radius 2 is 2.07 bits per heavy atom. The van der Waals surface area contributed by atoms with Crippen LogP contribution in [0.1, 0.15) is 47.8 Å². The van der Waals surface area contributed by atoms with Crippen LogP contribution in [-0.2, 0) is 6.42 Å². The minimum atomic E-state index is -0.00687. The zero-order chi connectivity index (χ0) is 18.6. The molecule has 0 unspecified atom stereocenters. The average molecular weight is 369 g/mol. The summed E-state index contributed by atoms with van der Waals surface area (Å²) < 4.78 is 7.35. The highest BCUT2D eigenvalue weighted by Crippen LogP contribution is 2.27. The molecule has 1 amide bonds. The van der Waals surface area contributed by atoms with Crippen LogP contribution in [0.15, 0.2) is 30.5 Å². The van der Waals surface area contributed by atoms with Crippen molar-refractivity contribution in [2.24, 2.45) is 0 Å². The van der Waals surface area contributed by atoms with Crippen molar-refractivity contribution in [2.75, 3.05) is 26.7 Å². The van der Waals surface area contributed by atoms with E-state index >= 15 is 0 Å². The van der Waals surface area contributed by atoms with Gasteiger partial charge in [0.1, 0.15) is 5.75 Å². The number of carbonyl (C=O) groups is 1. The Kier molecular flexibility index (Phi) is 5.38. The molecule has 1 aromatic carbocycles. The Morgan fingerprint density at radius 1 is 1.26 bits per heavy atom. The van der Waals surface area contributed by atoms with E-state index in [1.807, 2.05) is 34.0 Å². The van der Waals surface area contributed by atoms with Crippen LogP contribution in [-0.4, -0.2) is 58.6 Å². The molecule has 4 rings (SSSR count). The zero-order valence-electron chi connectivity index (χ0n) is 15.8. The lowest BCUT2D eigenvalue weighted by Gasteiger charge is -2.24. The molecule has 0 spiro atoms. The van der Waals surface area contributed by atoms with Crippen LogP contribution in [0.25, 0.3) is 0 Å². The summed E-state index contributed by atoms with van der Waals surface area (Å²) in [5, 5.41) is 11.8. The number of carbonyl (C=O) groups excluding carboxylic acids is 1. The average Bonchev–Trinajstić information content (AvgIpc) is 3.38. The molecule has 0 saturated carbocycles. The quantitative estimate of drug-likeness (QED) is 0.873. The lowest BCUT2D eigenvalue weighted by molar-refractivity contribution is 0.0730. The van der Waals surface area contributed by atoms with Crippen molar-refractivity contribution < 1.29 is 9.53 Å². The fraction of sp³-hybridized carbons (Fsp3) is 0.550. The van der Waals surface area contributed by atoms with Crippen LogP contribution in [0.4, 0.5) is 0 Å². The van der Waals surface area contributed by atoms with E-state index in [-0.39, 0.29) is 11.9 Å². The molecule has 2 aromatic rings. The maximum atomic E-state index is 13.1. The number of ether oxygens (including phenoxy) is 1. The van der Waals surface area contributed by atoms with Gasteiger partial charge in [0.05, 0.1) is 19.3 Å². The van der Waals surface area contributed by atoms with Gasteiger partial charge in [-0.1, -0.05) is 23.4 Å². The van der Waals surface area contributed by atoms with Crippen LogP contribution in [0, 0.1) is 0 Å². The number of likely N-dealkylation sites (tertiary alicyclic amines) is 1. The van der Waals surface area contributed by atoms with Crippen LogP contribution >= 0.6 is 0 Å². The van der Waals surface area contributed by atoms with E-state index in [0.717, 1.165) is 63.1 Å². The Labute approximate surface area is 159 Å². The molecule has 2 aliphatic heterocycles. The number of hydrogen-bond donors (Lipinski definition) is 1. The van der Waals surface area contributed by atoms with Gasteiger partial charge in [0.15, 0.2) is 5.69 Å². The fourth-order valence-electron chi connectivity index (χ4n) is 4.21. The summed E-state index contributed by atoms with van der Waals surface area (Å²) in [6, 6.07) is 8.55. The van der Waals surface area contributed by atoms with Crippen molar-refractivity contribution in [3.05, 3.63) is 41.7 Å². The number of amides is 1. The van der Waals surface area contributed by atoms with Crippen molar-refractivity contribution in [3.8, 4) is 5.75 Å². The SMILES string of the molecule is COc1ccccc1C[C@H]1CCCN1C(=O)c1cn(C2CCNCC2)nn1. The number of rotatable bonds is 5. The first kappa shape index (κ1) is 18.0. The molecule has 2 aliphatic rings. The third-order valence-corrected chi connectivity index (χ3v) is 5.70. The third kappa shape index (κ3) is 3.83. The Morgan fingerprint density at radius 3 is 2.89 bits per heavy atom. The number of aromatic nitrogens is 3. The minimum Gasteiger partial charge on any atom is -0.496 e. The normalized spacial score (nSPS) is 20.8. The molecule has 7 nitrogen and oxygen atoms in total. The lowest BCUT2D eigenvalue weighted by Crippen LogP contribution is -2.37. The van der Waals surface area contributed by atoms with Crippen molar-refractivity contribution in [1.29, 1.82) is 0 Å². The second kappa shape index (κ2) is 8.08. The number of piperidine rings is 1. The molecule has 0 aliphatic carbocycles. The molecule has 1 atom stereocenters. The molecule has 1 aromatic heterocycles. The molecule has 2 fully saturated rings. The van der Waals surface area contributed by atoms with Gasteiger partial charge in [0, 0.05) is 12.6 Å². The first-order valence-electron chi connectivity index (χ1n) is 9.81. The van der Waals surface area contributed by atoms with Gasteiger partial charge in [-0.25, -0.2) is 4.68 Å². The molecule has 3 heterocycles. The van der Waals surface area contributed by atoms with Gasteiger partial charge in [-0.05, 0) is 56.8 Å². The first-order valence-corrected chi connectivity index (χ1v) is 9.81. The van der Waals surface area contributed by atoms with Crippen LogP contribution in [0.5, 0.6) is 5.75 Å². The molecule has 0 radical (unpaired) electrons. The van der Waals surface area contributed by atoms with Gasteiger partial charge in [-0.15, -0.1) is 5.10 Å². The van der Waals surface area contributed by atoms with E-state index in [1.165, 1.54) is 0 Å². The maximum absolute atomic E-state index is 13.1. The predicted molar refractivity (Wildman–Crippen MR) is 102 cm³/mol. The molecule has 0 bridgehead atoms. The first-order chi connectivity index (χ1) is 13.3. The smallest absolute Gasteiger partial charge is 0.276 e. The van der Waals surface area contributed by atoms with Crippen LogP contribution in [0.2, 0.25) is 0 Å². The second-order valence-corrected chi connectivity index (χ2v) is 7.38. The zero-order valence-corrected chi connectivity index (χ0v) is 15.8. The summed E-state index contributed by atoms with van der Waals surface area (Å²) in [6.45, 7) is 2.75. The third-order valence-electron chi connectivity index (χ3n) is 5.70. The summed E-state index contributed by atoms with van der Waals surface area (Å²) in [6.07, 6.45) is 6.71. The van der Waals surface area contributed by atoms with Gasteiger partial charge in [0.2, 0.25) is 0 Å². The van der Waals surface area contributed by atoms with E-state index in [4.69, 9.17) is 4.74 Å². The molecule has 27 heavy (non-hydrogen) atoms. The second-order valence-electron chi connectivity index (χ2n) is 7.38. The molecule has 144 valence electrons. The number of nitrogens with one attached hydrogen (secondary N) is 1. The molecular weight excluding hydrogens is 342 g/mol. The highest BCUT2D eigenvalue weighted by Gasteiger charge is 2.32. The highest BCUT2D eigenvalue weighted by atomic mass is 16.5. The summed E-state index contributed by atoms with van der Waals surface area (Å²) in [5.74, 6) is 0.876. The number of methoxy groups -OCH3 is 1. The molecule has 1 N–H and O–H groups in total. The van der Waals surface area contributed by atoms with Crippen molar-refractivity contribution in [3.63, 3.8) is 0 Å². The standard InChI is InChI=1S/C20H27N5O2/c1-27-19-7-3-2-5-15(19)13-17-6-4-12-24(17)20(26)18-14-25(23-22-18)16-8-10-21-11-9-16/h2-3,5,7,14,16-17,21H,4,6,8-13H2,1H3/t17-/m1/s1. The van der Waals surface area contributed by atoms with E-state index < -0.39 is 0 Å². The van der Waals surface area contributed by atoms with Crippen molar-refractivity contribution in [1.82, 2.24) is 25.2 Å². The number of nitrogens with zero attached hydrogens (tertiary/aromatic N) is 4. The van der Waals surface area contributed by atoms with Crippen LogP contribution in [0.3, 0.4) is 0 Å². The van der Waals surface area contributed by atoms with Gasteiger partial charge in [-0.2, -0.15) is 0 Å². The summed E-state index contributed by atoms with van der Waals surface area (Å²) in [4.78, 5) is 15.0. The van der Waals surface area contributed by atoms with Gasteiger partial charge < -0.3 is 15.0 Å². The van der Waals surface area contributed by atoms with Crippen LogP contribution < -0.4 is 10.1 Å². The summed E-state index contributed by atoms with van der Waals surface area (Å²) in [7, 11) is 1.69. The van der Waals surface area contributed by atoms with E-state index in [9.17, 15) is 4.79 Å². The topological polar surface area (TPSA) is 72.3 Å².